The van der Waals surface area contributed by atoms with E-state index in [0.29, 0.717) is 11.7 Å². The van der Waals surface area contributed by atoms with Crippen LogP contribution in [0.4, 0.5) is 24.8 Å². The van der Waals surface area contributed by atoms with E-state index in [4.69, 9.17) is 0 Å². The molecule has 1 aromatic rings. The van der Waals surface area contributed by atoms with E-state index in [1.54, 1.807) is 13.1 Å². The van der Waals surface area contributed by atoms with Gasteiger partial charge in [-0.25, -0.2) is 9.97 Å². The van der Waals surface area contributed by atoms with E-state index in [0.717, 1.165) is 32.4 Å². The van der Waals surface area contributed by atoms with Crippen molar-refractivity contribution in [3.63, 3.8) is 0 Å². The van der Waals surface area contributed by atoms with Crippen LogP contribution in [0.2, 0.25) is 0 Å². The van der Waals surface area contributed by atoms with Crippen LogP contribution < -0.4 is 10.2 Å². The van der Waals surface area contributed by atoms with Gasteiger partial charge in [-0.3, -0.25) is 0 Å². The molecule has 112 valence electrons. The highest BCUT2D eigenvalue weighted by Gasteiger charge is 2.36. The maximum absolute atomic E-state index is 12.8. The maximum atomic E-state index is 12.8. The number of aromatic nitrogens is 2. The number of hydrogen-bond donors (Lipinski definition) is 1. The Morgan fingerprint density at radius 3 is 2.45 bits per heavy atom. The van der Waals surface area contributed by atoms with Crippen LogP contribution in [0.5, 0.6) is 0 Å². The van der Waals surface area contributed by atoms with E-state index < -0.39 is 12.0 Å². The van der Waals surface area contributed by atoms with Crippen LogP contribution in [0, 0.1) is 5.92 Å². The zero-order chi connectivity index (χ0) is 14.8. The van der Waals surface area contributed by atoms with E-state index in [2.05, 4.69) is 22.2 Å². The third kappa shape index (κ3) is 3.32. The van der Waals surface area contributed by atoms with Crippen molar-refractivity contribution in [2.45, 2.75) is 32.4 Å². The summed E-state index contributed by atoms with van der Waals surface area (Å²) < 4.78 is 38.4. The van der Waals surface area contributed by atoms with E-state index >= 15 is 0 Å². The van der Waals surface area contributed by atoms with E-state index in [1.807, 2.05) is 4.90 Å². The minimum Gasteiger partial charge on any atom is -0.373 e. The molecule has 1 N–H and O–H groups in total. The first-order valence-corrected chi connectivity index (χ1v) is 6.83. The molecule has 1 aliphatic rings. The summed E-state index contributed by atoms with van der Waals surface area (Å²) in [4.78, 5) is 9.06. The van der Waals surface area contributed by atoms with Crippen molar-refractivity contribution in [3.8, 4) is 0 Å². The Bertz CT molecular complexity index is 453. The van der Waals surface area contributed by atoms with Gasteiger partial charge < -0.3 is 10.2 Å². The zero-order valence-electron chi connectivity index (χ0n) is 11.7. The summed E-state index contributed by atoms with van der Waals surface area (Å²) in [6.45, 7) is 3.64. The molecule has 1 aliphatic heterocycles. The first-order chi connectivity index (χ1) is 9.44. The average molecular weight is 288 g/mol. The van der Waals surface area contributed by atoms with Crippen LogP contribution in [-0.4, -0.2) is 30.1 Å². The number of nitrogens with zero attached hydrogens (tertiary/aromatic N) is 3. The molecule has 2 rings (SSSR count). The second kappa shape index (κ2) is 5.85. The van der Waals surface area contributed by atoms with Crippen LogP contribution in [-0.2, 0) is 6.18 Å². The van der Waals surface area contributed by atoms with Crippen LogP contribution in [0.3, 0.4) is 0 Å². The Morgan fingerprint density at radius 2 is 1.95 bits per heavy atom. The van der Waals surface area contributed by atoms with Crippen molar-refractivity contribution in [2.24, 2.45) is 5.92 Å². The highest BCUT2D eigenvalue weighted by Crippen LogP contribution is 2.30. The van der Waals surface area contributed by atoms with Gasteiger partial charge >= 0.3 is 6.18 Å². The predicted molar refractivity (Wildman–Crippen MR) is 71.8 cm³/mol. The monoisotopic (exact) mass is 288 g/mol. The molecule has 0 atom stereocenters. The molecule has 1 aromatic heterocycles. The summed E-state index contributed by atoms with van der Waals surface area (Å²) in [6, 6.07) is 1.57. The minimum absolute atomic E-state index is 0.194. The molecule has 0 amide bonds. The third-order valence-corrected chi connectivity index (χ3v) is 3.74. The van der Waals surface area contributed by atoms with E-state index in [9.17, 15) is 13.2 Å². The van der Waals surface area contributed by atoms with Crippen molar-refractivity contribution >= 4 is 11.6 Å². The molecular formula is C13H19F3N4. The third-order valence-electron chi connectivity index (χ3n) is 3.74. The van der Waals surface area contributed by atoms with Crippen LogP contribution in [0.25, 0.3) is 0 Å². The SMILES string of the molecule is CCC1CCN(c2cc(NC)nc(C(F)(F)F)n2)CC1. The number of halogens is 3. The molecule has 1 saturated heterocycles. The average Bonchev–Trinajstić information content (AvgIpc) is 2.46. The lowest BCUT2D eigenvalue weighted by atomic mass is 9.94. The Kier molecular flexibility index (Phi) is 4.35. The van der Waals surface area contributed by atoms with Crippen molar-refractivity contribution in [2.75, 3.05) is 30.4 Å². The molecule has 4 nitrogen and oxygen atoms in total. The van der Waals surface area contributed by atoms with Gasteiger partial charge in [0.05, 0.1) is 0 Å². The fourth-order valence-corrected chi connectivity index (χ4v) is 2.42. The lowest BCUT2D eigenvalue weighted by Gasteiger charge is -2.32. The van der Waals surface area contributed by atoms with Gasteiger partial charge in [0.1, 0.15) is 11.6 Å². The molecule has 0 spiro atoms. The van der Waals surface area contributed by atoms with Crippen molar-refractivity contribution in [1.82, 2.24) is 9.97 Å². The summed E-state index contributed by atoms with van der Waals surface area (Å²) in [5, 5.41) is 2.66. The highest BCUT2D eigenvalue weighted by molar-refractivity contribution is 5.49. The van der Waals surface area contributed by atoms with E-state index in [1.165, 1.54) is 0 Å². The first kappa shape index (κ1) is 14.9. The van der Waals surface area contributed by atoms with Gasteiger partial charge in [0.15, 0.2) is 0 Å². The molecule has 20 heavy (non-hydrogen) atoms. The molecule has 0 aromatic carbocycles. The maximum Gasteiger partial charge on any atom is 0.451 e. The number of anilines is 2. The molecule has 0 radical (unpaired) electrons. The van der Waals surface area contributed by atoms with Gasteiger partial charge in [-0.15, -0.1) is 0 Å². The van der Waals surface area contributed by atoms with Crippen molar-refractivity contribution in [1.29, 1.82) is 0 Å². The molecule has 2 heterocycles. The van der Waals surface area contributed by atoms with Crippen molar-refractivity contribution < 1.29 is 13.2 Å². The number of piperidine rings is 1. The summed E-state index contributed by atoms with van der Waals surface area (Å²) >= 11 is 0. The standard InChI is InChI=1S/C13H19F3N4/c1-3-9-4-6-20(7-5-9)11-8-10(17-2)18-12(19-11)13(14,15)16/h8-9H,3-7H2,1-2H3,(H,17,18,19). The number of hydrogen-bond acceptors (Lipinski definition) is 4. The van der Waals surface area contributed by atoms with Crippen LogP contribution in [0.15, 0.2) is 6.07 Å². The number of rotatable bonds is 3. The molecule has 0 saturated carbocycles. The van der Waals surface area contributed by atoms with Gasteiger partial charge in [0.2, 0.25) is 5.82 Å². The summed E-state index contributed by atoms with van der Waals surface area (Å²) in [5.74, 6) is 0.127. The lowest BCUT2D eigenvalue weighted by Crippen LogP contribution is -2.34. The van der Waals surface area contributed by atoms with Gasteiger partial charge in [-0.05, 0) is 18.8 Å². The second-order valence-electron chi connectivity index (χ2n) is 5.02. The van der Waals surface area contributed by atoms with Crippen molar-refractivity contribution in [3.05, 3.63) is 11.9 Å². The highest BCUT2D eigenvalue weighted by atomic mass is 19.4. The number of nitrogens with one attached hydrogen (secondary N) is 1. The zero-order valence-corrected chi connectivity index (χ0v) is 11.7. The van der Waals surface area contributed by atoms with E-state index in [-0.39, 0.29) is 5.82 Å². The fourth-order valence-electron chi connectivity index (χ4n) is 2.42. The minimum atomic E-state index is -4.52. The molecule has 7 heteroatoms. The van der Waals surface area contributed by atoms with Crippen LogP contribution >= 0.6 is 0 Å². The number of alkyl halides is 3. The molecule has 0 bridgehead atoms. The Labute approximate surface area is 116 Å². The van der Waals surface area contributed by atoms with Gasteiger partial charge in [-0.2, -0.15) is 13.2 Å². The summed E-state index contributed by atoms with van der Waals surface area (Å²) in [6.07, 6.45) is -1.41. The molecule has 1 fully saturated rings. The van der Waals surface area contributed by atoms with Gasteiger partial charge in [0, 0.05) is 26.2 Å². The van der Waals surface area contributed by atoms with Crippen LogP contribution in [0.1, 0.15) is 32.0 Å². The molecule has 0 unspecified atom stereocenters. The van der Waals surface area contributed by atoms with Gasteiger partial charge in [-0.1, -0.05) is 13.3 Å². The Balaban J connectivity index is 2.23. The lowest BCUT2D eigenvalue weighted by molar-refractivity contribution is -0.144. The topological polar surface area (TPSA) is 41.0 Å². The first-order valence-electron chi connectivity index (χ1n) is 6.83. The summed E-state index contributed by atoms with van der Waals surface area (Å²) in [5.41, 5.74) is 0. The largest absolute Gasteiger partial charge is 0.451 e. The molecular weight excluding hydrogens is 269 g/mol. The Hall–Kier alpha value is -1.53. The predicted octanol–water partition coefficient (Wildman–Crippen LogP) is 3.16. The second-order valence-corrected chi connectivity index (χ2v) is 5.02. The quantitative estimate of drug-likeness (QED) is 0.927. The normalized spacial score (nSPS) is 17.4. The molecule has 0 aliphatic carbocycles. The fraction of sp³-hybridized carbons (Fsp3) is 0.692. The Morgan fingerprint density at radius 1 is 1.30 bits per heavy atom. The summed E-state index contributed by atoms with van der Waals surface area (Å²) in [7, 11) is 1.55. The van der Waals surface area contributed by atoms with Gasteiger partial charge in [0.25, 0.3) is 0 Å². The smallest absolute Gasteiger partial charge is 0.373 e.